The Morgan fingerprint density at radius 1 is 1.33 bits per heavy atom. The topological polar surface area (TPSA) is 36.4 Å². The zero-order valence-corrected chi connectivity index (χ0v) is 11.5. The monoisotopic (exact) mass is 245 g/mol. The lowest BCUT2D eigenvalue weighted by Gasteiger charge is -2.11. The van der Waals surface area contributed by atoms with Crippen molar-refractivity contribution in [2.75, 3.05) is 13.6 Å². The number of allylic oxidation sites excluding steroid dienone is 1. The van der Waals surface area contributed by atoms with Gasteiger partial charge in [0, 0.05) is 20.1 Å². The van der Waals surface area contributed by atoms with Crippen LogP contribution in [0.15, 0.2) is 41.4 Å². The molecule has 0 aliphatic heterocycles. The Kier molecular flexibility index (Phi) is 6.62. The van der Waals surface area contributed by atoms with E-state index in [2.05, 4.69) is 59.0 Å². The zero-order chi connectivity index (χ0) is 13.2. The molecule has 0 fully saturated rings. The van der Waals surface area contributed by atoms with Crippen molar-refractivity contribution in [3.05, 3.63) is 47.5 Å². The highest BCUT2D eigenvalue weighted by Crippen LogP contribution is 2.02. The summed E-state index contributed by atoms with van der Waals surface area (Å²) in [5, 5.41) is 6.58. The summed E-state index contributed by atoms with van der Waals surface area (Å²) in [6.07, 6.45) is 5.22. The molecule has 1 aromatic rings. The van der Waals surface area contributed by atoms with Crippen LogP contribution in [0.1, 0.15) is 24.5 Å². The normalized spacial score (nSPS) is 11.8. The van der Waals surface area contributed by atoms with Gasteiger partial charge in [-0.05, 0) is 25.8 Å². The second-order valence-corrected chi connectivity index (χ2v) is 4.20. The molecule has 3 heteroatoms. The van der Waals surface area contributed by atoms with E-state index >= 15 is 0 Å². The molecular weight excluding hydrogens is 222 g/mol. The highest BCUT2D eigenvalue weighted by molar-refractivity contribution is 5.79. The van der Waals surface area contributed by atoms with Crippen LogP contribution < -0.4 is 10.6 Å². The Labute approximate surface area is 110 Å². The molecule has 0 aliphatic carbocycles. The predicted molar refractivity (Wildman–Crippen MR) is 78.8 cm³/mol. The summed E-state index contributed by atoms with van der Waals surface area (Å²) in [5.41, 5.74) is 2.55. The predicted octanol–water partition coefficient (Wildman–Crippen LogP) is 2.63. The molecule has 1 aromatic carbocycles. The first-order valence-corrected chi connectivity index (χ1v) is 6.37. The van der Waals surface area contributed by atoms with Crippen molar-refractivity contribution in [3.8, 4) is 0 Å². The number of guanidine groups is 1. The van der Waals surface area contributed by atoms with E-state index in [9.17, 15) is 0 Å². The van der Waals surface area contributed by atoms with Crippen molar-refractivity contribution < 1.29 is 0 Å². The molecule has 0 heterocycles. The average Bonchev–Trinajstić information content (AvgIpc) is 2.38. The summed E-state index contributed by atoms with van der Waals surface area (Å²) in [4.78, 5) is 4.19. The molecule has 2 N–H and O–H groups in total. The second kappa shape index (κ2) is 8.34. The van der Waals surface area contributed by atoms with E-state index in [1.807, 2.05) is 6.92 Å². The maximum atomic E-state index is 4.19. The van der Waals surface area contributed by atoms with E-state index in [0.29, 0.717) is 0 Å². The molecule has 0 aromatic heterocycles. The minimum absolute atomic E-state index is 0.797. The SMILES string of the molecule is CC=CCCNC(=NC)NCc1cccc(C)c1. The van der Waals surface area contributed by atoms with Crippen LogP contribution in [0.4, 0.5) is 0 Å². The highest BCUT2D eigenvalue weighted by Gasteiger charge is 1.97. The van der Waals surface area contributed by atoms with Gasteiger partial charge in [0.15, 0.2) is 5.96 Å². The minimum atomic E-state index is 0.797. The van der Waals surface area contributed by atoms with E-state index in [1.165, 1.54) is 11.1 Å². The summed E-state index contributed by atoms with van der Waals surface area (Å²) < 4.78 is 0. The first-order valence-electron chi connectivity index (χ1n) is 6.37. The molecule has 0 aliphatic rings. The molecule has 0 saturated heterocycles. The third-order valence-corrected chi connectivity index (χ3v) is 2.61. The summed E-state index contributed by atoms with van der Waals surface area (Å²) in [7, 11) is 1.79. The van der Waals surface area contributed by atoms with Gasteiger partial charge in [0.25, 0.3) is 0 Å². The quantitative estimate of drug-likeness (QED) is 0.362. The van der Waals surface area contributed by atoms with E-state index in [1.54, 1.807) is 7.05 Å². The summed E-state index contributed by atoms with van der Waals surface area (Å²) in [6, 6.07) is 8.48. The van der Waals surface area contributed by atoms with Gasteiger partial charge in [0.1, 0.15) is 0 Å². The number of hydrogen-bond acceptors (Lipinski definition) is 1. The highest BCUT2D eigenvalue weighted by atomic mass is 15.2. The van der Waals surface area contributed by atoms with Gasteiger partial charge in [-0.3, -0.25) is 4.99 Å². The molecule has 0 bridgehead atoms. The first-order chi connectivity index (χ1) is 8.76. The number of hydrogen-bond donors (Lipinski definition) is 2. The summed E-state index contributed by atoms with van der Waals surface area (Å²) >= 11 is 0. The fourth-order valence-electron chi connectivity index (χ4n) is 1.67. The average molecular weight is 245 g/mol. The molecule has 0 unspecified atom stereocenters. The van der Waals surface area contributed by atoms with Gasteiger partial charge in [-0.2, -0.15) is 0 Å². The Balaban J connectivity index is 2.36. The Bertz CT molecular complexity index is 408. The van der Waals surface area contributed by atoms with Crippen LogP contribution in [0.2, 0.25) is 0 Å². The molecule has 0 amide bonds. The van der Waals surface area contributed by atoms with E-state index in [-0.39, 0.29) is 0 Å². The standard InChI is InChI=1S/C15H23N3/c1-4-5-6-10-17-15(16-3)18-12-14-9-7-8-13(2)11-14/h4-5,7-9,11H,6,10,12H2,1-3H3,(H2,16,17,18). The number of aliphatic imine (C=N–C) groups is 1. The minimum Gasteiger partial charge on any atom is -0.356 e. The third-order valence-electron chi connectivity index (χ3n) is 2.61. The number of rotatable bonds is 5. The smallest absolute Gasteiger partial charge is 0.191 e. The molecule has 3 nitrogen and oxygen atoms in total. The number of nitrogens with one attached hydrogen (secondary N) is 2. The van der Waals surface area contributed by atoms with Crippen molar-refractivity contribution >= 4 is 5.96 Å². The van der Waals surface area contributed by atoms with Gasteiger partial charge in [-0.1, -0.05) is 42.0 Å². The number of aryl methyl sites for hydroxylation is 1. The van der Waals surface area contributed by atoms with Gasteiger partial charge in [0.05, 0.1) is 0 Å². The van der Waals surface area contributed by atoms with Crippen LogP contribution >= 0.6 is 0 Å². The molecule has 18 heavy (non-hydrogen) atoms. The summed E-state index contributed by atoms with van der Waals surface area (Å²) in [6.45, 7) is 5.83. The first kappa shape index (κ1) is 14.3. The van der Waals surface area contributed by atoms with Crippen LogP contribution in [0, 0.1) is 6.92 Å². The van der Waals surface area contributed by atoms with E-state index in [0.717, 1.165) is 25.5 Å². The fourth-order valence-corrected chi connectivity index (χ4v) is 1.67. The number of nitrogens with zero attached hydrogens (tertiary/aromatic N) is 1. The molecule has 1 rings (SSSR count). The maximum absolute atomic E-state index is 4.19. The van der Waals surface area contributed by atoms with Crippen molar-refractivity contribution in [2.45, 2.75) is 26.8 Å². The lowest BCUT2D eigenvalue weighted by Crippen LogP contribution is -2.37. The molecule has 0 saturated carbocycles. The lowest BCUT2D eigenvalue weighted by atomic mass is 10.1. The van der Waals surface area contributed by atoms with E-state index in [4.69, 9.17) is 0 Å². The van der Waals surface area contributed by atoms with Gasteiger partial charge in [-0.25, -0.2) is 0 Å². The van der Waals surface area contributed by atoms with Crippen molar-refractivity contribution in [1.29, 1.82) is 0 Å². The fraction of sp³-hybridized carbons (Fsp3) is 0.400. The second-order valence-electron chi connectivity index (χ2n) is 4.20. The number of benzene rings is 1. The van der Waals surface area contributed by atoms with Crippen LogP contribution in [-0.4, -0.2) is 19.6 Å². The van der Waals surface area contributed by atoms with E-state index < -0.39 is 0 Å². The van der Waals surface area contributed by atoms with Crippen molar-refractivity contribution in [2.24, 2.45) is 4.99 Å². The van der Waals surface area contributed by atoms with Crippen molar-refractivity contribution in [1.82, 2.24) is 10.6 Å². The van der Waals surface area contributed by atoms with Crippen LogP contribution in [0.25, 0.3) is 0 Å². The van der Waals surface area contributed by atoms with Crippen LogP contribution in [0.3, 0.4) is 0 Å². The Hall–Kier alpha value is -1.77. The summed E-state index contributed by atoms with van der Waals surface area (Å²) in [5.74, 6) is 0.848. The van der Waals surface area contributed by atoms with Gasteiger partial charge >= 0.3 is 0 Å². The van der Waals surface area contributed by atoms with Crippen LogP contribution in [-0.2, 0) is 6.54 Å². The van der Waals surface area contributed by atoms with Gasteiger partial charge in [-0.15, -0.1) is 0 Å². The lowest BCUT2D eigenvalue weighted by molar-refractivity contribution is 0.803. The molecule has 0 atom stereocenters. The third kappa shape index (κ3) is 5.53. The van der Waals surface area contributed by atoms with Gasteiger partial charge in [0.2, 0.25) is 0 Å². The zero-order valence-electron chi connectivity index (χ0n) is 11.5. The molecule has 0 spiro atoms. The van der Waals surface area contributed by atoms with Gasteiger partial charge < -0.3 is 10.6 Å². The molecule has 0 radical (unpaired) electrons. The molecule has 98 valence electrons. The molecular formula is C15H23N3. The largest absolute Gasteiger partial charge is 0.356 e. The maximum Gasteiger partial charge on any atom is 0.191 e. The van der Waals surface area contributed by atoms with Crippen molar-refractivity contribution in [3.63, 3.8) is 0 Å². The Morgan fingerprint density at radius 3 is 2.83 bits per heavy atom. The van der Waals surface area contributed by atoms with Crippen LogP contribution in [0.5, 0.6) is 0 Å². The Morgan fingerprint density at radius 2 is 2.17 bits per heavy atom.